The number of carbonyl (C=O) groups excluding carboxylic acids is 1. The van der Waals surface area contributed by atoms with E-state index in [4.69, 9.17) is 16.2 Å². The zero-order valence-electron chi connectivity index (χ0n) is 16.6. The lowest BCUT2D eigenvalue weighted by molar-refractivity contribution is 0.0469. The van der Waals surface area contributed by atoms with Gasteiger partial charge >= 0.3 is 5.97 Å². The predicted molar refractivity (Wildman–Crippen MR) is 115 cm³/mol. The van der Waals surface area contributed by atoms with Crippen LogP contribution in [-0.4, -0.2) is 28.7 Å². The number of ether oxygens (including phenoxy) is 1. The molecule has 1 fully saturated rings. The largest absolute Gasteiger partial charge is 0.507 e. The maximum absolute atomic E-state index is 12.4. The van der Waals surface area contributed by atoms with Crippen LogP contribution in [0.5, 0.6) is 5.75 Å². The average molecular weight is 407 g/mol. The Labute approximate surface area is 174 Å². The van der Waals surface area contributed by atoms with Crippen LogP contribution in [0.2, 0.25) is 0 Å². The second-order valence-corrected chi connectivity index (χ2v) is 7.58. The van der Waals surface area contributed by atoms with Crippen molar-refractivity contribution >= 4 is 23.6 Å². The molecule has 1 heterocycles. The van der Waals surface area contributed by atoms with Crippen LogP contribution in [0.15, 0.2) is 58.5 Å². The number of aliphatic imine (C=N–C) groups is 2. The zero-order valence-corrected chi connectivity index (χ0v) is 16.6. The van der Waals surface area contributed by atoms with Gasteiger partial charge in [-0.15, -0.1) is 0 Å². The lowest BCUT2D eigenvalue weighted by atomic mass is 9.87. The van der Waals surface area contributed by atoms with Crippen LogP contribution in [0.4, 0.5) is 5.69 Å². The number of anilines is 1. The fourth-order valence-electron chi connectivity index (χ4n) is 4.13. The number of nitrogens with zero attached hydrogens (tertiary/aromatic N) is 3. The molecule has 5 N–H and O–H groups in total. The molecule has 1 spiro atoms. The number of nitrogens with two attached hydrogens (primary N) is 2. The molecule has 1 aliphatic carbocycles. The minimum atomic E-state index is -0.615. The summed E-state index contributed by atoms with van der Waals surface area (Å²) in [5.74, 6) is -0.399. The number of esters is 1. The molecule has 8 nitrogen and oxygen atoms in total. The van der Waals surface area contributed by atoms with Crippen molar-refractivity contribution in [3.05, 3.63) is 59.7 Å². The van der Waals surface area contributed by atoms with Crippen LogP contribution in [-0.2, 0) is 11.3 Å². The maximum Gasteiger partial charge on any atom is 0.342 e. The summed E-state index contributed by atoms with van der Waals surface area (Å²) in [6.45, 7) is 0.129. The van der Waals surface area contributed by atoms with E-state index in [1.807, 2.05) is 30.3 Å². The van der Waals surface area contributed by atoms with E-state index in [0.717, 1.165) is 37.7 Å². The number of phenols is 1. The van der Waals surface area contributed by atoms with Gasteiger partial charge in [-0.1, -0.05) is 36.8 Å². The van der Waals surface area contributed by atoms with Crippen LogP contribution >= 0.6 is 0 Å². The minimum absolute atomic E-state index is 0.0860. The van der Waals surface area contributed by atoms with Crippen LogP contribution < -0.4 is 16.4 Å². The Morgan fingerprint density at radius 1 is 1.10 bits per heavy atom. The Morgan fingerprint density at radius 2 is 1.83 bits per heavy atom. The van der Waals surface area contributed by atoms with Gasteiger partial charge in [-0.2, -0.15) is 4.99 Å². The van der Waals surface area contributed by atoms with Crippen molar-refractivity contribution in [1.82, 2.24) is 0 Å². The summed E-state index contributed by atoms with van der Waals surface area (Å²) in [6.07, 6.45) is 4.68. The number of benzene rings is 2. The molecule has 0 amide bonds. The Morgan fingerprint density at radius 3 is 2.53 bits per heavy atom. The first-order valence-corrected chi connectivity index (χ1v) is 10.0. The van der Waals surface area contributed by atoms with Gasteiger partial charge in [-0.3, -0.25) is 4.90 Å². The lowest BCUT2D eigenvalue weighted by Gasteiger charge is -2.45. The third-order valence-electron chi connectivity index (χ3n) is 5.52. The van der Waals surface area contributed by atoms with Crippen molar-refractivity contribution in [1.29, 1.82) is 0 Å². The first-order valence-electron chi connectivity index (χ1n) is 10.0. The SMILES string of the molecule is NC1=NC2(CCCCC2)N(c2ccc(C(=O)OCc3ccccc3)c(O)c2)C(N)=N1. The number of hydrogen-bond acceptors (Lipinski definition) is 8. The molecule has 30 heavy (non-hydrogen) atoms. The summed E-state index contributed by atoms with van der Waals surface area (Å²) in [6, 6.07) is 14.1. The van der Waals surface area contributed by atoms with E-state index in [2.05, 4.69) is 9.98 Å². The number of guanidine groups is 2. The van der Waals surface area contributed by atoms with E-state index in [1.54, 1.807) is 11.0 Å². The summed E-state index contributed by atoms with van der Waals surface area (Å²) in [4.78, 5) is 23.0. The molecule has 0 aromatic heterocycles. The monoisotopic (exact) mass is 407 g/mol. The first-order chi connectivity index (χ1) is 14.5. The molecule has 2 aliphatic rings. The fourth-order valence-corrected chi connectivity index (χ4v) is 4.13. The van der Waals surface area contributed by atoms with Gasteiger partial charge in [0.2, 0.25) is 11.9 Å². The average Bonchev–Trinajstić information content (AvgIpc) is 2.73. The Hall–Kier alpha value is -3.55. The number of aromatic hydroxyl groups is 1. The molecule has 0 saturated heterocycles. The van der Waals surface area contributed by atoms with Gasteiger partial charge in [0.15, 0.2) is 0 Å². The van der Waals surface area contributed by atoms with Crippen LogP contribution in [0.1, 0.15) is 48.0 Å². The summed E-state index contributed by atoms with van der Waals surface area (Å²) in [5.41, 5.74) is 13.0. The van der Waals surface area contributed by atoms with Crippen LogP contribution in [0, 0.1) is 0 Å². The number of carbonyl (C=O) groups is 1. The van der Waals surface area contributed by atoms with Gasteiger partial charge in [0, 0.05) is 11.8 Å². The molecule has 8 heteroatoms. The minimum Gasteiger partial charge on any atom is -0.507 e. The van der Waals surface area contributed by atoms with Crippen molar-refractivity contribution in [3.8, 4) is 5.75 Å². The molecule has 2 aromatic carbocycles. The molecular formula is C22H25N5O3. The third-order valence-corrected chi connectivity index (χ3v) is 5.52. The Bertz CT molecular complexity index is 997. The molecule has 0 bridgehead atoms. The number of hydrogen-bond donors (Lipinski definition) is 3. The van der Waals surface area contributed by atoms with E-state index in [0.29, 0.717) is 5.69 Å². The molecule has 0 atom stereocenters. The van der Waals surface area contributed by atoms with Crippen molar-refractivity contribution in [3.63, 3.8) is 0 Å². The highest BCUT2D eigenvalue weighted by molar-refractivity contribution is 6.06. The van der Waals surface area contributed by atoms with Crippen molar-refractivity contribution in [2.45, 2.75) is 44.4 Å². The molecule has 1 saturated carbocycles. The Kier molecular flexibility index (Phi) is 5.31. The highest BCUT2D eigenvalue weighted by Crippen LogP contribution is 2.40. The Balaban J connectivity index is 1.57. The summed E-state index contributed by atoms with van der Waals surface area (Å²) in [7, 11) is 0. The normalized spacial score (nSPS) is 17.9. The standard InChI is InChI=1S/C22H25N5O3/c23-20-25-21(24)27(22(26-20)11-5-2-6-12-22)16-9-10-17(18(28)13-16)19(29)30-14-15-7-3-1-4-8-15/h1,3-4,7-10,13,28H,2,5-6,11-12,14H2,(H4,23,24,25,26). The topological polar surface area (TPSA) is 127 Å². The predicted octanol–water partition coefficient (Wildman–Crippen LogP) is 2.86. The second-order valence-electron chi connectivity index (χ2n) is 7.58. The third kappa shape index (κ3) is 3.80. The van der Waals surface area contributed by atoms with E-state index >= 15 is 0 Å². The van der Waals surface area contributed by atoms with Crippen LogP contribution in [0.25, 0.3) is 0 Å². The zero-order chi connectivity index (χ0) is 21.1. The quantitative estimate of drug-likeness (QED) is 0.669. The molecule has 0 unspecified atom stereocenters. The van der Waals surface area contributed by atoms with E-state index in [-0.39, 0.29) is 29.8 Å². The molecule has 1 aliphatic heterocycles. The molecular weight excluding hydrogens is 382 g/mol. The van der Waals surface area contributed by atoms with Gasteiger partial charge < -0.3 is 21.3 Å². The van der Waals surface area contributed by atoms with E-state index in [9.17, 15) is 9.90 Å². The molecule has 2 aromatic rings. The van der Waals surface area contributed by atoms with E-state index < -0.39 is 11.6 Å². The first kappa shape index (κ1) is 19.8. The lowest BCUT2D eigenvalue weighted by Crippen LogP contribution is -2.58. The highest BCUT2D eigenvalue weighted by Gasteiger charge is 2.42. The van der Waals surface area contributed by atoms with Gasteiger partial charge in [0.1, 0.15) is 23.6 Å². The maximum atomic E-state index is 12.4. The van der Waals surface area contributed by atoms with E-state index in [1.165, 1.54) is 12.1 Å². The second kappa shape index (κ2) is 8.06. The number of phenolic OH excluding ortho intramolecular Hbond substituents is 1. The van der Waals surface area contributed by atoms with Crippen molar-refractivity contribution < 1.29 is 14.6 Å². The summed E-state index contributed by atoms with van der Waals surface area (Å²) >= 11 is 0. The fraction of sp³-hybridized carbons (Fsp3) is 0.318. The smallest absolute Gasteiger partial charge is 0.342 e. The molecule has 0 radical (unpaired) electrons. The van der Waals surface area contributed by atoms with Gasteiger partial charge in [-0.05, 0) is 43.4 Å². The molecule has 4 rings (SSSR count). The van der Waals surface area contributed by atoms with Gasteiger partial charge in [0.25, 0.3) is 0 Å². The highest BCUT2D eigenvalue weighted by atomic mass is 16.5. The van der Waals surface area contributed by atoms with Crippen LogP contribution in [0.3, 0.4) is 0 Å². The summed E-state index contributed by atoms with van der Waals surface area (Å²) in [5, 5.41) is 10.5. The van der Waals surface area contributed by atoms with Gasteiger partial charge in [0.05, 0.1) is 0 Å². The molecule has 156 valence electrons. The number of rotatable bonds is 4. The van der Waals surface area contributed by atoms with Crippen molar-refractivity contribution in [2.75, 3.05) is 4.90 Å². The van der Waals surface area contributed by atoms with Crippen molar-refractivity contribution in [2.24, 2.45) is 21.5 Å². The summed E-state index contributed by atoms with van der Waals surface area (Å²) < 4.78 is 5.33. The van der Waals surface area contributed by atoms with Gasteiger partial charge in [-0.25, -0.2) is 9.79 Å².